The van der Waals surface area contributed by atoms with Gasteiger partial charge in [0.2, 0.25) is 0 Å². The molecule has 0 bridgehead atoms. The summed E-state index contributed by atoms with van der Waals surface area (Å²) in [7, 11) is 0. The molecular weight excluding hydrogens is 318 g/mol. The zero-order valence-electron chi connectivity index (χ0n) is 12.6. The average molecular weight is 332 g/mol. The Kier molecular flexibility index (Phi) is 4.41. The molecule has 0 radical (unpaired) electrons. The Labute approximate surface area is 135 Å². The molecule has 0 aliphatic carbocycles. The minimum atomic E-state index is -0.965. The lowest BCUT2D eigenvalue weighted by molar-refractivity contribution is 0.0490. The number of H-pyrrole nitrogens is 1. The van der Waals surface area contributed by atoms with Gasteiger partial charge in [0.05, 0.1) is 23.2 Å². The highest BCUT2D eigenvalue weighted by Gasteiger charge is 2.14. The van der Waals surface area contributed by atoms with Crippen molar-refractivity contribution in [1.82, 2.24) is 9.55 Å². The third-order valence-corrected chi connectivity index (χ3v) is 3.59. The molecule has 7 heteroatoms. The lowest BCUT2D eigenvalue weighted by Gasteiger charge is -2.06. The summed E-state index contributed by atoms with van der Waals surface area (Å²) in [5.41, 5.74) is 0.930. The largest absolute Gasteiger partial charge is 0.462 e. The highest BCUT2D eigenvalue weighted by Crippen LogP contribution is 2.12. The van der Waals surface area contributed by atoms with Crippen LogP contribution < -0.4 is 5.69 Å². The molecule has 0 unspecified atom stereocenters. The summed E-state index contributed by atoms with van der Waals surface area (Å²) >= 11 is 0. The number of rotatable bonds is 5. The summed E-state index contributed by atoms with van der Waals surface area (Å²) in [5.74, 6) is -2.59. The van der Waals surface area contributed by atoms with Gasteiger partial charge in [-0.2, -0.15) is 0 Å². The Morgan fingerprint density at radius 3 is 2.75 bits per heavy atom. The number of benzene rings is 2. The van der Waals surface area contributed by atoms with E-state index in [9.17, 15) is 18.4 Å². The molecular formula is C17H14F2N2O3. The summed E-state index contributed by atoms with van der Waals surface area (Å²) in [6.45, 7) is 0.365. The number of hydrogen-bond donors (Lipinski definition) is 1. The third-order valence-electron chi connectivity index (χ3n) is 3.59. The Bertz CT molecular complexity index is 946. The zero-order chi connectivity index (χ0) is 17.1. The van der Waals surface area contributed by atoms with Crippen molar-refractivity contribution in [2.75, 3.05) is 6.61 Å². The SMILES string of the molecule is O=C(OCCCn1c(=O)[nH]c2ccccc21)c1ccc(F)cc1F. The van der Waals surface area contributed by atoms with Crippen LogP contribution in [0, 0.1) is 11.6 Å². The van der Waals surface area contributed by atoms with E-state index in [1.165, 1.54) is 0 Å². The second kappa shape index (κ2) is 6.66. The van der Waals surface area contributed by atoms with Crippen LogP contribution in [0.2, 0.25) is 0 Å². The molecule has 0 amide bonds. The lowest BCUT2D eigenvalue weighted by atomic mass is 10.2. The number of carbonyl (C=O) groups is 1. The van der Waals surface area contributed by atoms with Crippen LogP contribution in [0.4, 0.5) is 8.78 Å². The summed E-state index contributed by atoms with van der Waals surface area (Å²) < 4.78 is 32.8. The summed E-state index contributed by atoms with van der Waals surface area (Å²) in [5, 5.41) is 0. The number of hydrogen-bond acceptors (Lipinski definition) is 3. The highest BCUT2D eigenvalue weighted by atomic mass is 19.1. The van der Waals surface area contributed by atoms with E-state index in [0.29, 0.717) is 19.0 Å². The summed E-state index contributed by atoms with van der Waals surface area (Å²) in [4.78, 5) is 26.4. The predicted molar refractivity (Wildman–Crippen MR) is 83.8 cm³/mol. The van der Waals surface area contributed by atoms with Gasteiger partial charge in [-0.1, -0.05) is 12.1 Å². The van der Waals surface area contributed by atoms with E-state index in [4.69, 9.17) is 4.74 Å². The quantitative estimate of drug-likeness (QED) is 0.577. The van der Waals surface area contributed by atoms with Gasteiger partial charge in [-0.3, -0.25) is 4.57 Å². The number of halogens is 2. The summed E-state index contributed by atoms with van der Waals surface area (Å²) in [6.07, 6.45) is 0.385. The molecule has 0 atom stereocenters. The zero-order valence-corrected chi connectivity index (χ0v) is 12.6. The number of aromatic amines is 1. The molecule has 0 aliphatic rings. The van der Waals surface area contributed by atoms with Crippen LogP contribution in [0.3, 0.4) is 0 Å². The van der Waals surface area contributed by atoms with E-state index in [1.54, 1.807) is 10.6 Å². The first-order valence-electron chi connectivity index (χ1n) is 7.36. The lowest BCUT2D eigenvalue weighted by Crippen LogP contribution is -2.18. The number of para-hydroxylation sites is 2. The topological polar surface area (TPSA) is 64.1 Å². The van der Waals surface area contributed by atoms with Crippen LogP contribution in [0.5, 0.6) is 0 Å². The standard InChI is InChI=1S/C17H14F2N2O3/c18-11-6-7-12(13(19)10-11)16(22)24-9-3-8-21-15-5-2-1-4-14(15)20-17(21)23/h1-2,4-7,10H,3,8-9H2,(H,20,23). The van der Waals surface area contributed by atoms with E-state index < -0.39 is 17.6 Å². The predicted octanol–water partition coefficient (Wildman–Crippen LogP) is 2.85. The first-order valence-corrected chi connectivity index (χ1v) is 7.36. The fourth-order valence-corrected chi connectivity index (χ4v) is 2.45. The molecule has 1 N–H and O–H groups in total. The van der Waals surface area contributed by atoms with E-state index >= 15 is 0 Å². The molecule has 5 nitrogen and oxygen atoms in total. The maximum absolute atomic E-state index is 13.5. The van der Waals surface area contributed by atoms with E-state index in [2.05, 4.69) is 4.98 Å². The van der Waals surface area contributed by atoms with Crippen molar-refractivity contribution in [1.29, 1.82) is 0 Å². The maximum atomic E-state index is 13.5. The van der Waals surface area contributed by atoms with Crippen LogP contribution in [-0.4, -0.2) is 22.1 Å². The number of nitrogens with one attached hydrogen (secondary N) is 1. The Balaban J connectivity index is 1.59. The molecule has 0 saturated carbocycles. The maximum Gasteiger partial charge on any atom is 0.341 e. The van der Waals surface area contributed by atoms with Crippen molar-refractivity contribution < 1.29 is 18.3 Å². The minimum Gasteiger partial charge on any atom is -0.462 e. The normalized spacial score (nSPS) is 10.9. The van der Waals surface area contributed by atoms with Gasteiger partial charge in [-0.25, -0.2) is 18.4 Å². The molecule has 24 heavy (non-hydrogen) atoms. The van der Waals surface area contributed by atoms with Crippen molar-refractivity contribution in [2.24, 2.45) is 0 Å². The van der Waals surface area contributed by atoms with Crippen molar-refractivity contribution >= 4 is 17.0 Å². The molecule has 124 valence electrons. The highest BCUT2D eigenvalue weighted by molar-refractivity contribution is 5.89. The van der Waals surface area contributed by atoms with Crippen molar-refractivity contribution in [3.63, 3.8) is 0 Å². The number of aromatic nitrogens is 2. The molecule has 2 aromatic carbocycles. The number of imidazole rings is 1. The van der Waals surface area contributed by atoms with Crippen LogP contribution in [-0.2, 0) is 11.3 Å². The van der Waals surface area contributed by atoms with E-state index in [0.717, 1.165) is 23.2 Å². The molecule has 3 aromatic rings. The van der Waals surface area contributed by atoms with Gasteiger partial charge < -0.3 is 9.72 Å². The van der Waals surface area contributed by atoms with Gasteiger partial charge in [0.25, 0.3) is 0 Å². The smallest absolute Gasteiger partial charge is 0.341 e. The fraction of sp³-hybridized carbons (Fsp3) is 0.176. The Hall–Kier alpha value is -2.96. The number of esters is 1. The molecule has 0 saturated heterocycles. The molecule has 0 aliphatic heterocycles. The summed E-state index contributed by atoms with van der Waals surface area (Å²) in [6, 6.07) is 9.91. The molecule has 0 fully saturated rings. The Morgan fingerprint density at radius 1 is 1.17 bits per heavy atom. The van der Waals surface area contributed by atoms with Crippen LogP contribution in [0.1, 0.15) is 16.8 Å². The van der Waals surface area contributed by atoms with Crippen molar-refractivity contribution in [3.05, 3.63) is 70.1 Å². The van der Waals surface area contributed by atoms with Crippen LogP contribution in [0.15, 0.2) is 47.3 Å². The van der Waals surface area contributed by atoms with Gasteiger partial charge >= 0.3 is 11.7 Å². The fourth-order valence-electron chi connectivity index (χ4n) is 2.45. The Morgan fingerprint density at radius 2 is 1.96 bits per heavy atom. The number of fused-ring (bicyclic) bond motifs is 1. The first kappa shape index (κ1) is 15.9. The van der Waals surface area contributed by atoms with Gasteiger partial charge in [0.1, 0.15) is 11.6 Å². The molecule has 0 spiro atoms. The van der Waals surface area contributed by atoms with Gasteiger partial charge in [-0.05, 0) is 30.7 Å². The van der Waals surface area contributed by atoms with E-state index in [1.807, 2.05) is 18.2 Å². The second-order valence-corrected chi connectivity index (χ2v) is 5.21. The van der Waals surface area contributed by atoms with Gasteiger partial charge in [0, 0.05) is 12.6 Å². The number of nitrogens with zero attached hydrogens (tertiary/aromatic N) is 1. The number of ether oxygens (including phenoxy) is 1. The monoisotopic (exact) mass is 332 g/mol. The van der Waals surface area contributed by atoms with Crippen molar-refractivity contribution in [2.45, 2.75) is 13.0 Å². The molecule has 1 heterocycles. The average Bonchev–Trinajstić information content (AvgIpc) is 2.87. The molecule has 1 aromatic heterocycles. The number of aryl methyl sites for hydroxylation is 1. The van der Waals surface area contributed by atoms with E-state index in [-0.39, 0.29) is 17.9 Å². The van der Waals surface area contributed by atoms with Gasteiger partial charge in [0.15, 0.2) is 0 Å². The minimum absolute atomic E-state index is 0.0155. The second-order valence-electron chi connectivity index (χ2n) is 5.21. The van der Waals surface area contributed by atoms with Gasteiger partial charge in [-0.15, -0.1) is 0 Å². The van der Waals surface area contributed by atoms with Crippen molar-refractivity contribution in [3.8, 4) is 0 Å². The first-order chi connectivity index (χ1) is 11.6. The van der Waals surface area contributed by atoms with Crippen LogP contribution >= 0.6 is 0 Å². The number of carbonyl (C=O) groups excluding carboxylic acids is 1. The van der Waals surface area contributed by atoms with Crippen LogP contribution in [0.25, 0.3) is 11.0 Å². The third kappa shape index (κ3) is 3.19. The molecule has 3 rings (SSSR count).